The van der Waals surface area contributed by atoms with Crippen LogP contribution in [0.3, 0.4) is 0 Å². The topological polar surface area (TPSA) is 41.5 Å². The van der Waals surface area contributed by atoms with Crippen molar-refractivity contribution in [2.24, 2.45) is 11.3 Å². The average Bonchev–Trinajstić information content (AvgIpc) is 2.37. The van der Waals surface area contributed by atoms with Crippen molar-refractivity contribution in [2.45, 2.75) is 70.9 Å². The van der Waals surface area contributed by atoms with Crippen LogP contribution in [0.1, 0.15) is 59.3 Å². The molecule has 0 atom stereocenters. The summed E-state index contributed by atoms with van der Waals surface area (Å²) in [6.07, 6.45) is 6.39. The van der Waals surface area contributed by atoms with E-state index in [1.165, 1.54) is 0 Å². The number of hydrogen-bond acceptors (Lipinski definition) is 3. The summed E-state index contributed by atoms with van der Waals surface area (Å²) in [4.78, 5) is 0. The maximum absolute atomic E-state index is 10.7. The van der Waals surface area contributed by atoms with Gasteiger partial charge in [-0.05, 0) is 49.9 Å². The van der Waals surface area contributed by atoms with Gasteiger partial charge in [-0.1, -0.05) is 20.8 Å². The normalized spacial score (nSPS) is 34.4. The highest BCUT2D eigenvalue weighted by atomic mass is 16.5. The fourth-order valence-electron chi connectivity index (χ4n) is 3.43. The molecule has 112 valence electrons. The Morgan fingerprint density at radius 1 is 1.11 bits per heavy atom. The van der Waals surface area contributed by atoms with Gasteiger partial charge in [0.1, 0.15) is 0 Å². The predicted octanol–water partition coefficient (Wildman–Crippen LogP) is 2.72. The van der Waals surface area contributed by atoms with E-state index in [1.807, 2.05) is 0 Å². The summed E-state index contributed by atoms with van der Waals surface area (Å²) in [7, 11) is 0. The minimum Gasteiger partial charge on any atom is -0.389 e. The molecule has 2 N–H and O–H groups in total. The van der Waals surface area contributed by atoms with E-state index in [1.54, 1.807) is 0 Å². The average molecular weight is 269 g/mol. The fraction of sp³-hybridized carbons (Fsp3) is 1.00. The first kappa shape index (κ1) is 15.3. The third kappa shape index (κ3) is 4.44. The van der Waals surface area contributed by atoms with Gasteiger partial charge >= 0.3 is 0 Å². The Hall–Kier alpha value is -0.120. The highest BCUT2D eigenvalue weighted by Crippen LogP contribution is 2.41. The fourth-order valence-corrected chi connectivity index (χ4v) is 3.43. The van der Waals surface area contributed by atoms with Crippen molar-refractivity contribution in [1.29, 1.82) is 0 Å². The molecule has 3 nitrogen and oxygen atoms in total. The van der Waals surface area contributed by atoms with Gasteiger partial charge in [0.15, 0.2) is 0 Å². The van der Waals surface area contributed by atoms with Gasteiger partial charge in [0.2, 0.25) is 0 Å². The first-order valence-electron chi connectivity index (χ1n) is 7.93. The van der Waals surface area contributed by atoms with E-state index >= 15 is 0 Å². The Kier molecular flexibility index (Phi) is 4.91. The Labute approximate surface area is 118 Å². The van der Waals surface area contributed by atoms with Gasteiger partial charge in [0.05, 0.1) is 5.60 Å². The summed E-state index contributed by atoms with van der Waals surface area (Å²) in [6, 6.07) is 0.540. The number of ether oxygens (including phenoxy) is 1. The third-order valence-corrected chi connectivity index (χ3v) is 5.08. The monoisotopic (exact) mass is 269 g/mol. The summed E-state index contributed by atoms with van der Waals surface area (Å²) < 4.78 is 5.37. The quantitative estimate of drug-likeness (QED) is 0.828. The molecular weight excluding hydrogens is 238 g/mol. The van der Waals surface area contributed by atoms with Crippen LogP contribution in [0.15, 0.2) is 0 Å². The summed E-state index contributed by atoms with van der Waals surface area (Å²) in [5.41, 5.74) is -0.0878. The standard InChI is InChI=1S/C16H31NO2/c1-15(2,3)13-4-8-16(18,9-5-13)12-17-14-6-10-19-11-7-14/h13-14,17-18H,4-12H2,1-3H3. The van der Waals surface area contributed by atoms with Crippen molar-refractivity contribution in [3.8, 4) is 0 Å². The molecule has 1 saturated heterocycles. The summed E-state index contributed by atoms with van der Waals surface area (Å²) in [5, 5.41) is 14.2. The number of rotatable bonds is 3. The van der Waals surface area contributed by atoms with Gasteiger partial charge in [-0.2, -0.15) is 0 Å². The summed E-state index contributed by atoms with van der Waals surface area (Å²) >= 11 is 0. The Bertz CT molecular complexity index is 271. The van der Waals surface area contributed by atoms with Crippen LogP contribution in [-0.4, -0.2) is 36.5 Å². The van der Waals surface area contributed by atoms with Gasteiger partial charge in [-0.15, -0.1) is 0 Å². The zero-order chi connectivity index (χ0) is 13.9. The Morgan fingerprint density at radius 3 is 2.21 bits per heavy atom. The van der Waals surface area contributed by atoms with Crippen molar-refractivity contribution >= 4 is 0 Å². The van der Waals surface area contributed by atoms with Crippen molar-refractivity contribution in [1.82, 2.24) is 5.32 Å². The molecule has 1 heterocycles. The molecule has 0 spiro atoms. The van der Waals surface area contributed by atoms with Gasteiger partial charge in [0, 0.05) is 25.8 Å². The van der Waals surface area contributed by atoms with Crippen LogP contribution in [0.2, 0.25) is 0 Å². The zero-order valence-electron chi connectivity index (χ0n) is 12.9. The number of nitrogens with one attached hydrogen (secondary N) is 1. The highest BCUT2D eigenvalue weighted by Gasteiger charge is 2.37. The van der Waals surface area contributed by atoms with Crippen LogP contribution < -0.4 is 5.32 Å². The first-order chi connectivity index (χ1) is 8.89. The molecule has 2 rings (SSSR count). The van der Waals surface area contributed by atoms with Crippen molar-refractivity contribution < 1.29 is 9.84 Å². The van der Waals surface area contributed by atoms with Gasteiger partial charge in [-0.3, -0.25) is 0 Å². The summed E-state index contributed by atoms with van der Waals surface area (Å²) in [6.45, 7) is 9.45. The van der Waals surface area contributed by atoms with Gasteiger partial charge in [-0.25, -0.2) is 0 Å². The second-order valence-corrected chi connectivity index (χ2v) is 7.63. The molecule has 2 aliphatic rings. The van der Waals surface area contributed by atoms with E-state index in [0.29, 0.717) is 11.5 Å². The molecule has 0 radical (unpaired) electrons. The molecule has 0 bridgehead atoms. The molecule has 0 aromatic rings. The second kappa shape index (κ2) is 6.11. The predicted molar refractivity (Wildman–Crippen MR) is 78.2 cm³/mol. The molecule has 0 unspecified atom stereocenters. The van der Waals surface area contributed by atoms with Gasteiger partial charge < -0.3 is 15.2 Å². The molecule has 0 aromatic carbocycles. The van der Waals surface area contributed by atoms with Crippen LogP contribution in [0.5, 0.6) is 0 Å². The molecule has 1 aliphatic heterocycles. The molecule has 3 heteroatoms. The van der Waals surface area contributed by atoms with E-state index < -0.39 is 5.60 Å². The van der Waals surface area contributed by atoms with Crippen LogP contribution in [0.4, 0.5) is 0 Å². The van der Waals surface area contributed by atoms with Crippen molar-refractivity contribution in [2.75, 3.05) is 19.8 Å². The zero-order valence-corrected chi connectivity index (χ0v) is 12.9. The van der Waals surface area contributed by atoms with E-state index in [9.17, 15) is 5.11 Å². The maximum Gasteiger partial charge on any atom is 0.0771 e. The van der Waals surface area contributed by atoms with Crippen LogP contribution >= 0.6 is 0 Å². The van der Waals surface area contributed by atoms with Crippen LogP contribution in [0.25, 0.3) is 0 Å². The lowest BCUT2D eigenvalue weighted by Gasteiger charge is -2.42. The van der Waals surface area contributed by atoms with E-state index in [-0.39, 0.29) is 0 Å². The maximum atomic E-state index is 10.7. The molecule has 2 fully saturated rings. The molecular formula is C16H31NO2. The molecule has 0 amide bonds. The molecule has 0 aromatic heterocycles. The minimum absolute atomic E-state index is 0.384. The van der Waals surface area contributed by atoms with E-state index in [2.05, 4.69) is 26.1 Å². The summed E-state index contributed by atoms with van der Waals surface area (Å²) in [5.74, 6) is 0.760. The second-order valence-electron chi connectivity index (χ2n) is 7.63. The van der Waals surface area contributed by atoms with Gasteiger partial charge in [0.25, 0.3) is 0 Å². The van der Waals surface area contributed by atoms with E-state index in [0.717, 1.165) is 64.2 Å². The Balaban J connectivity index is 1.75. The molecule has 1 aliphatic carbocycles. The molecule has 19 heavy (non-hydrogen) atoms. The first-order valence-corrected chi connectivity index (χ1v) is 7.93. The van der Waals surface area contributed by atoms with Crippen molar-refractivity contribution in [3.05, 3.63) is 0 Å². The third-order valence-electron chi connectivity index (χ3n) is 5.08. The minimum atomic E-state index is -0.472. The van der Waals surface area contributed by atoms with Crippen LogP contribution in [-0.2, 0) is 4.74 Å². The Morgan fingerprint density at radius 2 is 1.68 bits per heavy atom. The van der Waals surface area contributed by atoms with E-state index in [4.69, 9.17) is 4.74 Å². The van der Waals surface area contributed by atoms with Crippen LogP contribution in [0, 0.1) is 11.3 Å². The van der Waals surface area contributed by atoms with Crippen molar-refractivity contribution in [3.63, 3.8) is 0 Å². The smallest absolute Gasteiger partial charge is 0.0771 e. The number of aliphatic hydroxyl groups is 1. The largest absolute Gasteiger partial charge is 0.389 e. The lowest BCUT2D eigenvalue weighted by molar-refractivity contribution is -0.0286. The number of hydrogen-bond donors (Lipinski definition) is 2. The lowest BCUT2D eigenvalue weighted by atomic mass is 9.68. The molecule has 1 saturated carbocycles. The highest BCUT2D eigenvalue weighted by molar-refractivity contribution is 4.91. The SMILES string of the molecule is CC(C)(C)C1CCC(O)(CNC2CCOCC2)CC1. The lowest BCUT2D eigenvalue weighted by Crippen LogP contribution is -2.48.